The molecule has 0 fully saturated rings. The van der Waals surface area contributed by atoms with Gasteiger partial charge in [0.2, 0.25) is 0 Å². The van der Waals surface area contributed by atoms with Gasteiger partial charge in [-0.1, -0.05) is 24.3 Å². The Morgan fingerprint density at radius 1 is 1.12 bits per heavy atom. The maximum atomic E-state index is 6.03. The molecule has 0 amide bonds. The van der Waals surface area contributed by atoms with Gasteiger partial charge in [0, 0.05) is 23.6 Å². The zero-order valence-corrected chi connectivity index (χ0v) is 15.0. The van der Waals surface area contributed by atoms with Crippen LogP contribution in [0.2, 0.25) is 0 Å². The second-order valence-electron chi connectivity index (χ2n) is 5.92. The fraction of sp³-hybridized carbons (Fsp3) is 0.316. The van der Waals surface area contributed by atoms with Crippen LogP contribution in [0.25, 0.3) is 0 Å². The lowest BCUT2D eigenvalue weighted by molar-refractivity contribution is 0.260. The lowest BCUT2D eigenvalue weighted by Gasteiger charge is -2.21. The van der Waals surface area contributed by atoms with Gasteiger partial charge in [0.1, 0.15) is 12.4 Å². The highest BCUT2D eigenvalue weighted by Crippen LogP contribution is 2.36. The molecule has 3 rings (SSSR count). The van der Waals surface area contributed by atoms with Gasteiger partial charge in [-0.25, -0.2) is 0 Å². The molecule has 1 heterocycles. The number of para-hydroxylation sites is 1. The molecular formula is C19H23N3OS. The Labute approximate surface area is 147 Å². The molecule has 0 unspecified atom stereocenters. The molecule has 2 aromatic rings. The highest BCUT2D eigenvalue weighted by atomic mass is 32.2. The molecule has 5 heteroatoms. The Morgan fingerprint density at radius 2 is 1.96 bits per heavy atom. The van der Waals surface area contributed by atoms with Gasteiger partial charge in [0.15, 0.2) is 0 Å². The van der Waals surface area contributed by atoms with Crippen LogP contribution in [-0.2, 0) is 0 Å². The first-order chi connectivity index (χ1) is 11.7. The largest absolute Gasteiger partial charge is 0.492 e. The van der Waals surface area contributed by atoms with Crippen LogP contribution in [0.3, 0.4) is 0 Å². The molecule has 0 aromatic heterocycles. The number of rotatable bonds is 6. The molecule has 1 aliphatic heterocycles. The number of ether oxygens (including phenoxy) is 1. The molecule has 126 valence electrons. The molecule has 0 saturated heterocycles. The molecule has 1 aliphatic rings. The summed E-state index contributed by atoms with van der Waals surface area (Å²) in [6.45, 7) is 1.57. The predicted molar refractivity (Wildman–Crippen MR) is 102 cm³/mol. The minimum Gasteiger partial charge on any atom is -0.492 e. The number of likely N-dealkylation sites (N-methyl/N-ethyl adjacent to an activating group) is 1. The van der Waals surface area contributed by atoms with E-state index in [9.17, 15) is 0 Å². The molecule has 0 spiro atoms. The molecular weight excluding hydrogens is 318 g/mol. The molecule has 0 atom stereocenters. The number of hydrogen-bond donors (Lipinski definition) is 1. The van der Waals surface area contributed by atoms with E-state index in [0.29, 0.717) is 6.61 Å². The lowest BCUT2D eigenvalue weighted by atomic mass is 10.1. The van der Waals surface area contributed by atoms with E-state index in [0.717, 1.165) is 41.4 Å². The Balaban J connectivity index is 1.82. The van der Waals surface area contributed by atoms with Crippen LogP contribution >= 0.6 is 11.8 Å². The van der Waals surface area contributed by atoms with Gasteiger partial charge in [0.05, 0.1) is 17.0 Å². The standard InChI is InChI=1S/C19H23N3OS/c1-22(2)12-13-23-17-9-6-10-18-19(17)16(11-14-24-18)21-20-15-7-4-3-5-8-15/h3-10,20H,11-14H2,1-2H3. The molecule has 4 nitrogen and oxygen atoms in total. The predicted octanol–water partition coefficient (Wildman–Crippen LogP) is 3.94. The Hall–Kier alpha value is -1.98. The van der Waals surface area contributed by atoms with Gasteiger partial charge in [-0.3, -0.25) is 5.43 Å². The minimum absolute atomic E-state index is 0.674. The number of hydrazone groups is 1. The van der Waals surface area contributed by atoms with Crippen molar-refractivity contribution in [1.82, 2.24) is 4.90 Å². The number of nitrogens with zero attached hydrogens (tertiary/aromatic N) is 2. The van der Waals surface area contributed by atoms with Crippen LogP contribution in [0.5, 0.6) is 5.75 Å². The smallest absolute Gasteiger partial charge is 0.129 e. The van der Waals surface area contributed by atoms with Gasteiger partial charge >= 0.3 is 0 Å². The average Bonchev–Trinajstić information content (AvgIpc) is 2.60. The first-order valence-corrected chi connectivity index (χ1v) is 9.14. The normalized spacial score (nSPS) is 15.4. The van der Waals surface area contributed by atoms with E-state index in [1.54, 1.807) is 0 Å². The van der Waals surface area contributed by atoms with Crippen LogP contribution in [0, 0.1) is 0 Å². The van der Waals surface area contributed by atoms with E-state index in [2.05, 4.69) is 41.7 Å². The SMILES string of the molecule is CN(C)CCOc1cccc2c1C(=NNc1ccccc1)CCS2. The van der Waals surface area contributed by atoms with Crippen molar-refractivity contribution in [3.8, 4) is 5.75 Å². The van der Waals surface area contributed by atoms with E-state index in [4.69, 9.17) is 4.74 Å². The maximum absolute atomic E-state index is 6.03. The van der Waals surface area contributed by atoms with Crippen LogP contribution < -0.4 is 10.2 Å². The highest BCUT2D eigenvalue weighted by Gasteiger charge is 2.20. The highest BCUT2D eigenvalue weighted by molar-refractivity contribution is 7.99. The zero-order valence-electron chi connectivity index (χ0n) is 14.2. The van der Waals surface area contributed by atoms with Crippen LogP contribution in [-0.4, -0.2) is 43.6 Å². The number of benzene rings is 2. The van der Waals surface area contributed by atoms with Gasteiger partial charge in [-0.2, -0.15) is 5.10 Å². The fourth-order valence-electron chi connectivity index (χ4n) is 2.51. The van der Waals surface area contributed by atoms with Crippen LogP contribution in [0.4, 0.5) is 5.69 Å². The number of fused-ring (bicyclic) bond motifs is 1. The summed E-state index contributed by atoms with van der Waals surface area (Å²) in [5, 5.41) is 4.66. The van der Waals surface area contributed by atoms with Crippen molar-refractivity contribution >= 4 is 23.2 Å². The minimum atomic E-state index is 0.674. The summed E-state index contributed by atoms with van der Waals surface area (Å²) in [5.41, 5.74) is 6.37. The summed E-state index contributed by atoms with van der Waals surface area (Å²) in [6, 6.07) is 16.3. The van der Waals surface area contributed by atoms with Crippen LogP contribution in [0.1, 0.15) is 12.0 Å². The third kappa shape index (κ3) is 4.30. The van der Waals surface area contributed by atoms with E-state index < -0.39 is 0 Å². The monoisotopic (exact) mass is 341 g/mol. The second kappa shape index (κ2) is 8.22. The molecule has 0 radical (unpaired) electrons. The van der Waals surface area contributed by atoms with Crippen molar-refractivity contribution in [2.75, 3.05) is 38.4 Å². The zero-order chi connectivity index (χ0) is 16.8. The van der Waals surface area contributed by atoms with Gasteiger partial charge < -0.3 is 9.64 Å². The van der Waals surface area contributed by atoms with E-state index in [1.165, 1.54) is 4.90 Å². The Morgan fingerprint density at radius 3 is 2.75 bits per heavy atom. The third-order valence-electron chi connectivity index (χ3n) is 3.76. The molecule has 0 bridgehead atoms. The summed E-state index contributed by atoms with van der Waals surface area (Å²) in [5.74, 6) is 1.97. The third-order valence-corrected chi connectivity index (χ3v) is 4.82. The average molecular weight is 341 g/mol. The molecule has 0 saturated carbocycles. The summed E-state index contributed by atoms with van der Waals surface area (Å²) in [6.07, 6.45) is 0.936. The number of anilines is 1. The van der Waals surface area contributed by atoms with Gasteiger partial charge in [-0.05, 0) is 38.4 Å². The topological polar surface area (TPSA) is 36.9 Å². The van der Waals surface area contributed by atoms with E-state index in [1.807, 2.05) is 48.2 Å². The Bertz CT molecular complexity index is 701. The van der Waals surface area contributed by atoms with Gasteiger partial charge in [-0.15, -0.1) is 11.8 Å². The lowest BCUT2D eigenvalue weighted by Crippen LogP contribution is -2.21. The van der Waals surface area contributed by atoms with Crippen molar-refractivity contribution in [3.63, 3.8) is 0 Å². The summed E-state index contributed by atoms with van der Waals surface area (Å²) in [7, 11) is 4.10. The second-order valence-corrected chi connectivity index (χ2v) is 7.05. The van der Waals surface area contributed by atoms with Crippen molar-refractivity contribution in [2.24, 2.45) is 5.10 Å². The van der Waals surface area contributed by atoms with E-state index >= 15 is 0 Å². The van der Waals surface area contributed by atoms with Gasteiger partial charge in [0.25, 0.3) is 0 Å². The fourth-order valence-corrected chi connectivity index (χ4v) is 3.57. The summed E-state index contributed by atoms with van der Waals surface area (Å²) >= 11 is 1.87. The number of hydrogen-bond acceptors (Lipinski definition) is 5. The quantitative estimate of drug-likeness (QED) is 0.808. The number of nitrogens with one attached hydrogen (secondary N) is 1. The molecule has 1 N–H and O–H groups in total. The van der Waals surface area contributed by atoms with Crippen molar-refractivity contribution in [2.45, 2.75) is 11.3 Å². The first kappa shape index (κ1) is 16.9. The maximum Gasteiger partial charge on any atom is 0.129 e. The Kier molecular flexibility index (Phi) is 5.77. The summed E-state index contributed by atoms with van der Waals surface area (Å²) in [4.78, 5) is 3.37. The molecule has 24 heavy (non-hydrogen) atoms. The van der Waals surface area contributed by atoms with Crippen molar-refractivity contribution < 1.29 is 4.74 Å². The van der Waals surface area contributed by atoms with Crippen molar-refractivity contribution in [3.05, 3.63) is 54.1 Å². The number of thioether (sulfide) groups is 1. The van der Waals surface area contributed by atoms with Crippen LogP contribution in [0.15, 0.2) is 58.5 Å². The molecule has 0 aliphatic carbocycles. The first-order valence-electron chi connectivity index (χ1n) is 8.15. The summed E-state index contributed by atoms with van der Waals surface area (Å²) < 4.78 is 6.03. The van der Waals surface area contributed by atoms with Crippen molar-refractivity contribution in [1.29, 1.82) is 0 Å². The van der Waals surface area contributed by atoms with E-state index in [-0.39, 0.29) is 0 Å². The molecule has 2 aromatic carbocycles.